The van der Waals surface area contributed by atoms with Crippen molar-refractivity contribution in [1.29, 1.82) is 0 Å². The average molecular weight is 672 g/mol. The van der Waals surface area contributed by atoms with Gasteiger partial charge in [-0.3, -0.25) is 24.0 Å². The van der Waals surface area contributed by atoms with Gasteiger partial charge in [-0.1, -0.05) is 0 Å². The maximum atomic E-state index is 15.9. The van der Waals surface area contributed by atoms with Crippen molar-refractivity contribution >= 4 is 45.1 Å². The first-order chi connectivity index (χ1) is 23.6. The number of rotatable bonds is 8. The number of hydrogen-bond donors (Lipinski definition) is 2. The third kappa shape index (κ3) is 5.65. The van der Waals surface area contributed by atoms with Crippen LogP contribution in [0, 0.1) is 11.6 Å². The van der Waals surface area contributed by atoms with Gasteiger partial charge in [-0.15, -0.1) is 10.2 Å². The number of carboxylic acids is 1. The Bertz CT molecular complexity index is 2230. The highest BCUT2D eigenvalue weighted by Crippen LogP contribution is 2.44. The summed E-state index contributed by atoms with van der Waals surface area (Å²) >= 11 is 0. The standard InChI is InChI=1S/C34H31F2N7O6/c1-18-15-40(29-25(36)14-23-28(31(29)49-2)42(21-4-5-21)16-24(30(23)44)34(47)48)11-12-41(18)17-43-26-6-3-20(35)13-22(26)27(33(43)46)38-39-32(45)19-7-9-37-10-8-19/h3,6-10,13-14,16,18,21,46H,4-5,11-12,15,17H2,1-2H3,(H,47,48). The number of carbonyl (C=O) groups is 2. The number of ether oxygens (including phenoxy) is 1. The van der Waals surface area contributed by atoms with Gasteiger partial charge in [-0.25, -0.2) is 13.6 Å². The Morgan fingerprint density at radius 3 is 2.51 bits per heavy atom. The third-order valence-electron chi connectivity index (χ3n) is 9.12. The number of azo groups is 1. The Morgan fingerprint density at radius 2 is 1.84 bits per heavy atom. The lowest BCUT2D eigenvalue weighted by atomic mass is 10.1. The van der Waals surface area contributed by atoms with Crippen molar-refractivity contribution in [2.75, 3.05) is 31.6 Å². The lowest BCUT2D eigenvalue weighted by molar-refractivity contribution is 0.0694. The molecule has 2 aliphatic rings. The van der Waals surface area contributed by atoms with Gasteiger partial charge in [0, 0.05) is 61.3 Å². The molecule has 15 heteroatoms. The van der Waals surface area contributed by atoms with Crippen molar-refractivity contribution in [3.8, 4) is 11.6 Å². The molecule has 3 aromatic heterocycles. The number of fused-ring (bicyclic) bond motifs is 2. The van der Waals surface area contributed by atoms with Crippen LogP contribution >= 0.6 is 0 Å². The van der Waals surface area contributed by atoms with E-state index in [1.165, 1.54) is 56.0 Å². The molecule has 1 saturated carbocycles. The maximum Gasteiger partial charge on any atom is 0.341 e. The normalized spacial score (nSPS) is 17.0. The summed E-state index contributed by atoms with van der Waals surface area (Å²) in [6.07, 6.45) is 5.78. The molecule has 1 aliphatic heterocycles. The monoisotopic (exact) mass is 671 g/mol. The molecule has 0 radical (unpaired) electrons. The van der Waals surface area contributed by atoms with Crippen molar-refractivity contribution in [3.63, 3.8) is 0 Å². The molecule has 0 bridgehead atoms. The van der Waals surface area contributed by atoms with Gasteiger partial charge in [0.15, 0.2) is 17.3 Å². The number of methoxy groups -OCH3 is 1. The van der Waals surface area contributed by atoms with E-state index in [-0.39, 0.29) is 58.1 Å². The van der Waals surface area contributed by atoms with Crippen molar-refractivity contribution in [3.05, 3.63) is 88.0 Å². The zero-order chi connectivity index (χ0) is 34.6. The molecule has 4 heterocycles. The molecule has 1 unspecified atom stereocenters. The van der Waals surface area contributed by atoms with Crippen molar-refractivity contribution in [2.45, 2.75) is 38.5 Å². The Morgan fingerprint density at radius 1 is 1.08 bits per heavy atom. The Balaban J connectivity index is 1.19. The average Bonchev–Trinajstić information content (AvgIpc) is 3.90. The van der Waals surface area contributed by atoms with Crippen LogP contribution in [0.15, 0.2) is 70.0 Å². The van der Waals surface area contributed by atoms with Gasteiger partial charge >= 0.3 is 5.97 Å². The van der Waals surface area contributed by atoms with Crippen LogP contribution in [-0.4, -0.2) is 73.9 Å². The summed E-state index contributed by atoms with van der Waals surface area (Å²) in [5, 5.41) is 28.9. The van der Waals surface area contributed by atoms with Gasteiger partial charge in [0.05, 0.1) is 30.2 Å². The quantitative estimate of drug-likeness (QED) is 0.204. The zero-order valence-corrected chi connectivity index (χ0v) is 26.5. The fourth-order valence-corrected chi connectivity index (χ4v) is 6.50. The molecule has 7 rings (SSSR count). The summed E-state index contributed by atoms with van der Waals surface area (Å²) in [5.74, 6) is -3.45. The van der Waals surface area contributed by atoms with E-state index in [1.807, 2.05) is 16.7 Å². The molecular weight excluding hydrogens is 640 g/mol. The summed E-state index contributed by atoms with van der Waals surface area (Å²) in [4.78, 5) is 45.2. The molecule has 5 aromatic rings. The Labute approximate surface area is 277 Å². The van der Waals surface area contributed by atoms with Gasteiger partial charge in [-0.2, -0.15) is 0 Å². The number of benzene rings is 2. The van der Waals surface area contributed by atoms with Crippen LogP contribution in [0.25, 0.3) is 21.8 Å². The smallest absolute Gasteiger partial charge is 0.341 e. The minimum absolute atomic E-state index is 0.0279. The van der Waals surface area contributed by atoms with Gasteiger partial charge in [0.25, 0.3) is 5.91 Å². The number of hydrogen-bond acceptors (Lipinski definition) is 9. The predicted octanol–water partition coefficient (Wildman–Crippen LogP) is 5.47. The van der Waals surface area contributed by atoms with Gasteiger partial charge in [0.1, 0.15) is 17.1 Å². The molecule has 13 nitrogen and oxygen atoms in total. The first-order valence-electron chi connectivity index (χ1n) is 15.6. The molecule has 1 saturated heterocycles. The lowest BCUT2D eigenvalue weighted by Gasteiger charge is -2.41. The van der Waals surface area contributed by atoms with Crippen LogP contribution < -0.4 is 15.1 Å². The highest BCUT2D eigenvalue weighted by molar-refractivity contribution is 5.98. The Hall–Kier alpha value is -5.70. The highest BCUT2D eigenvalue weighted by atomic mass is 19.1. The number of amides is 1. The summed E-state index contributed by atoms with van der Waals surface area (Å²) in [5.41, 5.74) is -0.0138. The lowest BCUT2D eigenvalue weighted by Crippen LogP contribution is -2.52. The molecule has 252 valence electrons. The number of halogens is 2. The van der Waals surface area contributed by atoms with Gasteiger partial charge in [-0.05, 0) is 56.2 Å². The largest absolute Gasteiger partial charge is 0.493 e. The van der Waals surface area contributed by atoms with E-state index in [2.05, 4.69) is 15.2 Å². The first-order valence-corrected chi connectivity index (χ1v) is 15.6. The number of carbonyl (C=O) groups excluding carboxylic acids is 1. The zero-order valence-electron chi connectivity index (χ0n) is 26.5. The van der Waals surface area contributed by atoms with Crippen LogP contribution in [0.2, 0.25) is 0 Å². The number of anilines is 1. The molecule has 2 N–H and O–H groups in total. The predicted molar refractivity (Wildman–Crippen MR) is 175 cm³/mol. The van der Waals surface area contributed by atoms with Crippen LogP contribution in [-0.2, 0) is 6.67 Å². The van der Waals surface area contributed by atoms with Gasteiger partial charge in [0.2, 0.25) is 11.3 Å². The summed E-state index contributed by atoms with van der Waals surface area (Å²) < 4.78 is 39.3. The number of nitrogens with zero attached hydrogens (tertiary/aromatic N) is 7. The Kier molecular flexibility index (Phi) is 8.06. The van der Waals surface area contributed by atoms with E-state index >= 15 is 4.39 Å². The molecule has 2 fully saturated rings. The third-order valence-corrected chi connectivity index (χ3v) is 9.12. The molecule has 0 spiro atoms. The second kappa shape index (κ2) is 12.4. The second-order valence-corrected chi connectivity index (χ2v) is 12.2. The number of aromatic hydroxyl groups is 1. The first kappa shape index (κ1) is 31.9. The molecule has 2 aromatic carbocycles. The van der Waals surface area contributed by atoms with E-state index in [0.717, 1.165) is 18.9 Å². The number of aromatic nitrogens is 3. The number of pyridine rings is 2. The summed E-state index contributed by atoms with van der Waals surface area (Å²) in [7, 11) is 1.40. The highest BCUT2D eigenvalue weighted by Gasteiger charge is 2.34. The molecular formula is C34H31F2N7O6. The maximum absolute atomic E-state index is 15.9. The van der Waals surface area contributed by atoms with Crippen LogP contribution in [0.4, 0.5) is 20.2 Å². The topological polar surface area (TPSA) is 155 Å². The van der Waals surface area contributed by atoms with Crippen molar-refractivity contribution < 1.29 is 33.3 Å². The van der Waals surface area contributed by atoms with E-state index in [0.29, 0.717) is 30.7 Å². The van der Waals surface area contributed by atoms with Crippen molar-refractivity contribution in [2.24, 2.45) is 10.2 Å². The molecule has 1 aliphatic carbocycles. The number of carboxylic acid groups (broad SMARTS) is 1. The molecule has 49 heavy (non-hydrogen) atoms. The van der Waals surface area contributed by atoms with E-state index in [4.69, 9.17) is 4.74 Å². The van der Waals surface area contributed by atoms with Gasteiger partial charge < -0.3 is 24.4 Å². The van der Waals surface area contributed by atoms with Crippen LogP contribution in [0.1, 0.15) is 46.5 Å². The van der Waals surface area contributed by atoms with E-state index in [9.17, 15) is 29.0 Å². The number of piperazine rings is 1. The van der Waals surface area contributed by atoms with Crippen LogP contribution in [0.5, 0.6) is 11.6 Å². The molecule has 1 atom stereocenters. The SMILES string of the molecule is COc1c(N2CCN(Cn3c(O)c(N=NC(=O)c4ccncc4)c4cc(F)ccc43)C(C)C2)c(F)cc2c(=O)c(C(=O)O)cn(C3CC3)c12. The summed E-state index contributed by atoms with van der Waals surface area (Å²) in [6.45, 7) is 3.18. The van der Waals surface area contributed by atoms with E-state index < -0.39 is 34.5 Å². The number of aromatic carboxylic acids is 1. The minimum atomic E-state index is -1.38. The fourth-order valence-electron chi connectivity index (χ4n) is 6.50. The minimum Gasteiger partial charge on any atom is -0.493 e. The fraction of sp³-hybridized carbons (Fsp3) is 0.294. The summed E-state index contributed by atoms with van der Waals surface area (Å²) in [6, 6.07) is 7.81. The van der Waals surface area contributed by atoms with Crippen molar-refractivity contribution in [1.82, 2.24) is 19.0 Å². The second-order valence-electron chi connectivity index (χ2n) is 12.2. The van der Waals surface area contributed by atoms with E-state index in [1.54, 1.807) is 9.13 Å². The molecule has 1 amide bonds. The van der Waals surface area contributed by atoms with Crippen LogP contribution in [0.3, 0.4) is 0 Å².